The molecule has 1 amide bonds. The third-order valence-corrected chi connectivity index (χ3v) is 2.74. The van der Waals surface area contributed by atoms with Crippen molar-refractivity contribution in [2.75, 3.05) is 18.4 Å². The van der Waals surface area contributed by atoms with E-state index in [2.05, 4.69) is 15.6 Å². The Labute approximate surface area is 118 Å². The molecule has 1 rings (SSSR count). The van der Waals surface area contributed by atoms with Gasteiger partial charge in [0.2, 0.25) is 5.91 Å². The van der Waals surface area contributed by atoms with Crippen LogP contribution in [0.4, 0.5) is 5.82 Å². The highest BCUT2D eigenvalue weighted by Crippen LogP contribution is 2.22. The minimum Gasteiger partial charge on any atom is -0.368 e. The molecule has 1 heterocycles. The van der Waals surface area contributed by atoms with E-state index >= 15 is 0 Å². The molecule has 0 aliphatic heterocycles. The van der Waals surface area contributed by atoms with Crippen molar-refractivity contribution >= 4 is 23.3 Å². The maximum atomic E-state index is 11.5. The van der Waals surface area contributed by atoms with Gasteiger partial charge in [0, 0.05) is 25.7 Å². The minimum absolute atomic E-state index is 0.0197. The van der Waals surface area contributed by atoms with E-state index in [1.807, 2.05) is 19.9 Å². The molecule has 0 radical (unpaired) electrons. The molecule has 0 aliphatic carbocycles. The summed E-state index contributed by atoms with van der Waals surface area (Å²) in [5.74, 6) is 0.839. The van der Waals surface area contributed by atoms with Crippen molar-refractivity contribution < 1.29 is 4.79 Å². The number of amides is 1. The molecular formula is C13H17ClN4O. The van der Waals surface area contributed by atoms with E-state index in [4.69, 9.17) is 16.9 Å². The molecule has 0 bridgehead atoms. The molecule has 1 aromatic rings. The van der Waals surface area contributed by atoms with Crippen molar-refractivity contribution in [2.45, 2.75) is 20.3 Å². The standard InChI is InChI=1S/C13H17ClN4O/c1-9(2)8-18-11(19)4-6-17-13-12(14)10(7-15)3-5-16-13/h3,5,9H,4,6,8H2,1-2H3,(H,16,17)(H,18,19). The van der Waals surface area contributed by atoms with Gasteiger partial charge >= 0.3 is 0 Å². The first-order chi connectivity index (χ1) is 9.04. The molecule has 19 heavy (non-hydrogen) atoms. The third-order valence-electron chi connectivity index (χ3n) is 2.36. The molecule has 0 saturated heterocycles. The Morgan fingerprint density at radius 3 is 2.95 bits per heavy atom. The molecule has 0 aromatic carbocycles. The first-order valence-corrected chi connectivity index (χ1v) is 6.47. The summed E-state index contributed by atoms with van der Waals surface area (Å²) in [5, 5.41) is 14.9. The minimum atomic E-state index is -0.0197. The van der Waals surface area contributed by atoms with Crippen LogP contribution >= 0.6 is 11.6 Å². The zero-order chi connectivity index (χ0) is 14.3. The van der Waals surface area contributed by atoms with Crippen LogP contribution in [-0.2, 0) is 4.79 Å². The predicted octanol–water partition coefficient (Wildman–Crippen LogP) is 2.18. The quantitative estimate of drug-likeness (QED) is 0.837. The van der Waals surface area contributed by atoms with Gasteiger partial charge in [-0.3, -0.25) is 4.79 Å². The number of carbonyl (C=O) groups excluding carboxylic acids is 1. The number of nitrogens with zero attached hydrogens (tertiary/aromatic N) is 2. The SMILES string of the molecule is CC(C)CNC(=O)CCNc1nccc(C#N)c1Cl. The van der Waals surface area contributed by atoms with Crippen molar-refractivity contribution in [3.63, 3.8) is 0 Å². The van der Waals surface area contributed by atoms with Crippen LogP contribution in [0.15, 0.2) is 12.3 Å². The van der Waals surface area contributed by atoms with Gasteiger partial charge in [-0.25, -0.2) is 4.98 Å². The summed E-state index contributed by atoms with van der Waals surface area (Å²) in [4.78, 5) is 15.5. The zero-order valence-electron chi connectivity index (χ0n) is 11.0. The summed E-state index contributed by atoms with van der Waals surface area (Å²) < 4.78 is 0. The number of aromatic nitrogens is 1. The van der Waals surface area contributed by atoms with Gasteiger partial charge in [-0.15, -0.1) is 0 Å². The summed E-state index contributed by atoms with van der Waals surface area (Å²) in [5.41, 5.74) is 0.364. The summed E-state index contributed by atoms with van der Waals surface area (Å²) in [7, 11) is 0. The molecule has 102 valence electrons. The Morgan fingerprint density at radius 2 is 2.32 bits per heavy atom. The van der Waals surface area contributed by atoms with Crippen LogP contribution in [0.25, 0.3) is 0 Å². The van der Waals surface area contributed by atoms with Gasteiger partial charge in [-0.05, 0) is 12.0 Å². The Hall–Kier alpha value is -1.80. The lowest BCUT2D eigenvalue weighted by molar-refractivity contribution is -0.120. The van der Waals surface area contributed by atoms with E-state index in [9.17, 15) is 4.79 Å². The molecule has 0 atom stereocenters. The maximum Gasteiger partial charge on any atom is 0.221 e. The van der Waals surface area contributed by atoms with Crippen molar-refractivity contribution in [1.29, 1.82) is 5.26 Å². The van der Waals surface area contributed by atoms with E-state index in [1.165, 1.54) is 6.20 Å². The second kappa shape index (κ2) is 7.59. The fourth-order valence-corrected chi connectivity index (χ4v) is 1.57. The van der Waals surface area contributed by atoms with Crippen molar-refractivity contribution in [3.8, 4) is 6.07 Å². The van der Waals surface area contributed by atoms with Crippen LogP contribution in [0.5, 0.6) is 0 Å². The predicted molar refractivity (Wildman–Crippen MR) is 74.9 cm³/mol. The van der Waals surface area contributed by atoms with Gasteiger partial charge in [-0.2, -0.15) is 5.26 Å². The Balaban J connectivity index is 2.42. The van der Waals surface area contributed by atoms with Gasteiger partial charge in [-0.1, -0.05) is 25.4 Å². The lowest BCUT2D eigenvalue weighted by Crippen LogP contribution is -2.28. The van der Waals surface area contributed by atoms with E-state index in [0.29, 0.717) is 36.8 Å². The summed E-state index contributed by atoms with van der Waals surface area (Å²) >= 11 is 5.98. The second-order valence-corrected chi connectivity index (χ2v) is 4.89. The van der Waals surface area contributed by atoms with Crippen LogP contribution in [0.1, 0.15) is 25.8 Å². The van der Waals surface area contributed by atoms with Gasteiger partial charge in [0.1, 0.15) is 16.9 Å². The van der Waals surface area contributed by atoms with Crippen molar-refractivity contribution in [2.24, 2.45) is 5.92 Å². The molecule has 0 spiro atoms. The molecule has 0 unspecified atom stereocenters. The van der Waals surface area contributed by atoms with Gasteiger partial charge < -0.3 is 10.6 Å². The Kier molecular flexibility index (Phi) is 6.10. The number of nitrogens with one attached hydrogen (secondary N) is 2. The molecule has 0 aliphatic rings. The van der Waals surface area contributed by atoms with Gasteiger partial charge in [0.05, 0.1) is 5.56 Å². The highest BCUT2D eigenvalue weighted by atomic mass is 35.5. The average Bonchev–Trinajstić information content (AvgIpc) is 2.38. The molecule has 2 N–H and O–H groups in total. The smallest absolute Gasteiger partial charge is 0.221 e. The van der Waals surface area contributed by atoms with E-state index < -0.39 is 0 Å². The lowest BCUT2D eigenvalue weighted by atomic mass is 10.2. The first-order valence-electron chi connectivity index (χ1n) is 6.09. The maximum absolute atomic E-state index is 11.5. The molecular weight excluding hydrogens is 264 g/mol. The number of rotatable bonds is 6. The average molecular weight is 281 g/mol. The molecule has 0 fully saturated rings. The number of anilines is 1. The zero-order valence-corrected chi connectivity index (χ0v) is 11.8. The van der Waals surface area contributed by atoms with Gasteiger partial charge in [0.15, 0.2) is 0 Å². The Bertz CT molecular complexity index is 482. The number of nitriles is 1. The van der Waals surface area contributed by atoms with Crippen LogP contribution < -0.4 is 10.6 Å². The van der Waals surface area contributed by atoms with Crippen LogP contribution in [-0.4, -0.2) is 24.0 Å². The summed E-state index contributed by atoms with van der Waals surface area (Å²) in [6.07, 6.45) is 1.84. The van der Waals surface area contributed by atoms with Crippen LogP contribution in [0, 0.1) is 17.2 Å². The number of halogens is 1. The lowest BCUT2D eigenvalue weighted by Gasteiger charge is -2.09. The fourth-order valence-electron chi connectivity index (χ4n) is 1.35. The first kappa shape index (κ1) is 15.3. The summed E-state index contributed by atoms with van der Waals surface area (Å²) in [6.45, 7) is 5.17. The van der Waals surface area contributed by atoms with Crippen molar-refractivity contribution in [3.05, 3.63) is 22.8 Å². The monoisotopic (exact) mass is 280 g/mol. The molecule has 6 heteroatoms. The normalized spacial score (nSPS) is 10.1. The molecule has 1 aromatic heterocycles. The van der Waals surface area contributed by atoms with E-state index in [1.54, 1.807) is 6.07 Å². The highest BCUT2D eigenvalue weighted by Gasteiger charge is 2.07. The van der Waals surface area contributed by atoms with Crippen LogP contribution in [0.2, 0.25) is 5.02 Å². The Morgan fingerprint density at radius 1 is 1.58 bits per heavy atom. The third kappa shape index (κ3) is 5.14. The molecule has 0 saturated carbocycles. The largest absolute Gasteiger partial charge is 0.368 e. The number of hydrogen-bond acceptors (Lipinski definition) is 4. The summed E-state index contributed by atoms with van der Waals surface area (Å²) in [6, 6.07) is 3.52. The van der Waals surface area contributed by atoms with Crippen molar-refractivity contribution in [1.82, 2.24) is 10.3 Å². The highest BCUT2D eigenvalue weighted by molar-refractivity contribution is 6.34. The fraction of sp³-hybridized carbons (Fsp3) is 0.462. The van der Waals surface area contributed by atoms with E-state index in [0.717, 1.165) is 0 Å². The number of pyridine rings is 1. The van der Waals surface area contributed by atoms with Crippen LogP contribution in [0.3, 0.4) is 0 Å². The van der Waals surface area contributed by atoms with E-state index in [-0.39, 0.29) is 10.9 Å². The second-order valence-electron chi connectivity index (χ2n) is 4.51. The number of carbonyl (C=O) groups is 1. The molecule has 5 nitrogen and oxygen atoms in total. The topological polar surface area (TPSA) is 77.8 Å². The number of hydrogen-bond donors (Lipinski definition) is 2. The van der Waals surface area contributed by atoms with Gasteiger partial charge in [0.25, 0.3) is 0 Å².